The predicted molar refractivity (Wildman–Crippen MR) is 107 cm³/mol. The van der Waals surface area contributed by atoms with E-state index in [-0.39, 0.29) is 29.1 Å². The molecule has 0 aromatic heterocycles. The lowest BCUT2D eigenvalue weighted by atomic mass is 9.72. The molecule has 0 spiro atoms. The molecule has 1 aliphatic carbocycles. The van der Waals surface area contributed by atoms with Gasteiger partial charge in [-0.3, -0.25) is 0 Å². The van der Waals surface area contributed by atoms with Gasteiger partial charge in [-0.2, -0.15) is 0 Å². The smallest absolute Gasteiger partial charge is 0.165 e. The topological polar surface area (TPSA) is 69.9 Å². The molecule has 2 aromatic rings. The normalized spacial score (nSPS) is 21.9. The van der Waals surface area contributed by atoms with Crippen LogP contribution in [0.1, 0.15) is 31.7 Å². The van der Waals surface area contributed by atoms with E-state index in [1.807, 2.05) is 19.9 Å². The fraction of sp³-hybridized carbons (Fsp3) is 0.304. The third kappa shape index (κ3) is 3.62. The van der Waals surface area contributed by atoms with Crippen LogP contribution in [0.15, 0.2) is 54.1 Å². The van der Waals surface area contributed by atoms with Crippen molar-refractivity contribution in [3.8, 4) is 28.4 Å². The summed E-state index contributed by atoms with van der Waals surface area (Å²) >= 11 is 0. The molecular weight excluding hydrogens is 359 g/mol. The highest BCUT2D eigenvalue weighted by molar-refractivity contribution is 5.71. The Labute approximate surface area is 164 Å². The fourth-order valence-corrected chi connectivity index (χ4v) is 3.85. The van der Waals surface area contributed by atoms with E-state index in [4.69, 9.17) is 4.74 Å². The average Bonchev–Trinajstić information content (AvgIpc) is 2.63. The maximum atomic E-state index is 13.7. The molecule has 3 atom stereocenters. The predicted octanol–water partition coefficient (Wildman–Crippen LogP) is 4.90. The number of allylic oxidation sites excluding steroid dienone is 2. The zero-order valence-electron chi connectivity index (χ0n) is 16.2. The Morgan fingerprint density at radius 1 is 1.14 bits per heavy atom. The molecule has 0 fully saturated rings. The highest BCUT2D eigenvalue weighted by Crippen LogP contribution is 2.47. The Balaban J connectivity index is 2.08. The highest BCUT2D eigenvalue weighted by Gasteiger charge is 2.33. The molecule has 0 unspecified atom stereocenters. The summed E-state index contributed by atoms with van der Waals surface area (Å²) in [5.74, 6) is -0.917. The Morgan fingerprint density at radius 3 is 2.36 bits per heavy atom. The molecular formula is C23H25FO4. The van der Waals surface area contributed by atoms with E-state index < -0.39 is 11.9 Å². The summed E-state index contributed by atoms with van der Waals surface area (Å²) in [4.78, 5) is 0. The van der Waals surface area contributed by atoms with Gasteiger partial charge in [0.25, 0.3) is 0 Å². The number of methoxy groups -OCH3 is 1. The number of halogens is 1. The van der Waals surface area contributed by atoms with Crippen LogP contribution in [0.3, 0.4) is 0 Å². The quantitative estimate of drug-likeness (QED) is 0.656. The van der Waals surface area contributed by atoms with Gasteiger partial charge in [0.2, 0.25) is 0 Å². The molecule has 0 amide bonds. The largest absolute Gasteiger partial charge is 0.507 e. The molecule has 0 heterocycles. The van der Waals surface area contributed by atoms with E-state index in [0.29, 0.717) is 23.1 Å². The number of aliphatic hydroxyl groups excluding tert-OH is 1. The standard InChI is InChI=1S/C23H25FO4/c1-12(2)16-11-19(25)13(3)7-17(16)23-20(26)8-15(9-21(23)27)14-5-6-18(24)22(10-14)28-4/h5-10,16-17,19,25-27H,1,11H2,2-4H3/t16-,17+,19-/m0/s1. The van der Waals surface area contributed by atoms with Gasteiger partial charge in [-0.15, -0.1) is 0 Å². The summed E-state index contributed by atoms with van der Waals surface area (Å²) in [5, 5.41) is 31.7. The molecule has 3 rings (SSSR count). The molecule has 2 aromatic carbocycles. The maximum absolute atomic E-state index is 13.7. The minimum atomic E-state index is -0.562. The monoisotopic (exact) mass is 384 g/mol. The zero-order chi connectivity index (χ0) is 20.6. The number of hydrogen-bond donors (Lipinski definition) is 3. The van der Waals surface area contributed by atoms with Crippen molar-refractivity contribution >= 4 is 0 Å². The van der Waals surface area contributed by atoms with E-state index in [9.17, 15) is 19.7 Å². The van der Waals surface area contributed by atoms with Gasteiger partial charge >= 0.3 is 0 Å². The maximum Gasteiger partial charge on any atom is 0.165 e. The number of rotatable bonds is 4. The highest BCUT2D eigenvalue weighted by atomic mass is 19.1. The van der Waals surface area contributed by atoms with Crippen molar-refractivity contribution in [2.45, 2.75) is 32.3 Å². The van der Waals surface area contributed by atoms with Gasteiger partial charge in [-0.1, -0.05) is 24.3 Å². The number of benzene rings is 2. The molecule has 0 aliphatic heterocycles. The van der Waals surface area contributed by atoms with Crippen LogP contribution in [0.25, 0.3) is 11.1 Å². The number of aliphatic hydroxyl groups is 1. The minimum Gasteiger partial charge on any atom is -0.507 e. The van der Waals surface area contributed by atoms with Crippen LogP contribution < -0.4 is 4.74 Å². The lowest BCUT2D eigenvalue weighted by molar-refractivity contribution is 0.168. The van der Waals surface area contributed by atoms with Crippen LogP contribution in [0, 0.1) is 11.7 Å². The van der Waals surface area contributed by atoms with E-state index in [2.05, 4.69) is 6.58 Å². The van der Waals surface area contributed by atoms with E-state index in [0.717, 1.165) is 11.1 Å². The van der Waals surface area contributed by atoms with Gasteiger partial charge < -0.3 is 20.1 Å². The van der Waals surface area contributed by atoms with Crippen LogP contribution in [-0.2, 0) is 0 Å². The number of hydrogen-bond acceptors (Lipinski definition) is 4. The van der Waals surface area contributed by atoms with Crippen molar-refractivity contribution in [2.75, 3.05) is 7.11 Å². The van der Waals surface area contributed by atoms with Crippen LogP contribution in [-0.4, -0.2) is 28.5 Å². The van der Waals surface area contributed by atoms with Crippen molar-refractivity contribution in [2.24, 2.45) is 5.92 Å². The van der Waals surface area contributed by atoms with Crippen LogP contribution in [0.2, 0.25) is 0 Å². The molecule has 148 valence electrons. The summed E-state index contributed by atoms with van der Waals surface area (Å²) in [6.07, 6.45) is 1.80. The number of ether oxygens (including phenoxy) is 1. The van der Waals surface area contributed by atoms with Crippen molar-refractivity contribution in [3.63, 3.8) is 0 Å². The van der Waals surface area contributed by atoms with Crippen LogP contribution >= 0.6 is 0 Å². The molecule has 0 radical (unpaired) electrons. The van der Waals surface area contributed by atoms with E-state index in [1.165, 1.54) is 19.2 Å². The van der Waals surface area contributed by atoms with Crippen molar-refractivity contribution in [1.29, 1.82) is 0 Å². The fourth-order valence-electron chi connectivity index (χ4n) is 3.85. The first-order chi connectivity index (χ1) is 13.2. The summed E-state index contributed by atoms with van der Waals surface area (Å²) in [5.41, 5.74) is 3.22. The molecule has 0 saturated heterocycles. The lowest BCUT2D eigenvalue weighted by Gasteiger charge is -2.34. The first-order valence-corrected chi connectivity index (χ1v) is 9.14. The third-order valence-electron chi connectivity index (χ3n) is 5.47. The van der Waals surface area contributed by atoms with E-state index in [1.54, 1.807) is 18.2 Å². The van der Waals surface area contributed by atoms with Gasteiger partial charge in [-0.25, -0.2) is 4.39 Å². The first kappa shape index (κ1) is 20.0. The average molecular weight is 384 g/mol. The van der Waals surface area contributed by atoms with Gasteiger partial charge in [0.1, 0.15) is 11.5 Å². The summed E-state index contributed by atoms with van der Waals surface area (Å²) in [6, 6.07) is 7.45. The number of phenolic OH excluding ortho intramolecular Hbond substituents is 2. The Kier molecular flexibility index (Phi) is 5.47. The summed E-state index contributed by atoms with van der Waals surface area (Å²) in [7, 11) is 1.38. The SMILES string of the molecule is C=C(C)[C@@H]1C[C@H](O)C(C)=C[C@H]1c1c(O)cc(-c2ccc(F)c(OC)c2)cc1O. The van der Waals surface area contributed by atoms with E-state index >= 15 is 0 Å². The Hall–Kier alpha value is -2.79. The van der Waals surface area contributed by atoms with Crippen molar-refractivity contribution in [1.82, 2.24) is 0 Å². The molecule has 4 nitrogen and oxygen atoms in total. The second kappa shape index (κ2) is 7.68. The molecule has 0 bridgehead atoms. The number of aromatic hydroxyl groups is 2. The Morgan fingerprint density at radius 2 is 1.79 bits per heavy atom. The second-order valence-electron chi connectivity index (χ2n) is 7.42. The molecule has 5 heteroatoms. The third-order valence-corrected chi connectivity index (χ3v) is 5.47. The molecule has 0 saturated carbocycles. The van der Waals surface area contributed by atoms with Crippen molar-refractivity contribution in [3.05, 3.63) is 65.5 Å². The first-order valence-electron chi connectivity index (χ1n) is 9.14. The van der Waals surface area contributed by atoms with Crippen molar-refractivity contribution < 1.29 is 24.4 Å². The summed E-state index contributed by atoms with van der Waals surface area (Å²) in [6.45, 7) is 7.73. The van der Waals surface area contributed by atoms with Crippen LogP contribution in [0.5, 0.6) is 17.2 Å². The Bertz CT molecular complexity index is 925. The minimum absolute atomic E-state index is 0.0602. The van der Waals surface area contributed by atoms with Gasteiger partial charge in [0, 0.05) is 11.5 Å². The van der Waals surface area contributed by atoms with Gasteiger partial charge in [0.15, 0.2) is 11.6 Å². The summed E-state index contributed by atoms with van der Waals surface area (Å²) < 4.78 is 18.7. The van der Waals surface area contributed by atoms with Crippen LogP contribution in [0.4, 0.5) is 4.39 Å². The zero-order valence-corrected chi connectivity index (χ0v) is 16.2. The molecule has 3 N–H and O–H groups in total. The molecule has 1 aliphatic rings. The second-order valence-corrected chi connectivity index (χ2v) is 7.42. The van der Waals surface area contributed by atoms with Gasteiger partial charge in [-0.05, 0) is 67.2 Å². The number of phenols is 2. The molecule has 28 heavy (non-hydrogen) atoms. The van der Waals surface area contributed by atoms with Gasteiger partial charge in [0.05, 0.1) is 13.2 Å². The lowest BCUT2D eigenvalue weighted by Crippen LogP contribution is -2.26.